The van der Waals surface area contributed by atoms with Crippen molar-refractivity contribution in [3.05, 3.63) is 58.4 Å². The summed E-state index contributed by atoms with van der Waals surface area (Å²) in [4.78, 5) is 32.1. The summed E-state index contributed by atoms with van der Waals surface area (Å²) >= 11 is 0. The van der Waals surface area contributed by atoms with E-state index in [-0.39, 0.29) is 17.5 Å². The molecule has 0 aliphatic carbocycles. The van der Waals surface area contributed by atoms with Crippen LogP contribution in [0.3, 0.4) is 0 Å². The van der Waals surface area contributed by atoms with E-state index < -0.39 is 0 Å². The van der Waals surface area contributed by atoms with E-state index in [0.717, 1.165) is 12.8 Å². The third kappa shape index (κ3) is 2.43. The predicted molar refractivity (Wildman–Crippen MR) is 93.2 cm³/mol. The van der Waals surface area contributed by atoms with Gasteiger partial charge < -0.3 is 4.90 Å². The van der Waals surface area contributed by atoms with Crippen LogP contribution in [0.5, 0.6) is 0 Å². The average molecular weight is 337 g/mol. The van der Waals surface area contributed by atoms with Crippen molar-refractivity contribution in [1.29, 1.82) is 0 Å². The minimum Gasteiger partial charge on any atom is -0.327 e. The summed E-state index contributed by atoms with van der Waals surface area (Å²) in [5.41, 5.74) is 1.12. The van der Waals surface area contributed by atoms with Crippen LogP contribution >= 0.6 is 0 Å². The fourth-order valence-corrected chi connectivity index (χ4v) is 3.54. The smallest absolute Gasteiger partial charge is 0.272 e. The second kappa shape index (κ2) is 5.84. The van der Waals surface area contributed by atoms with Gasteiger partial charge in [-0.05, 0) is 31.0 Å². The standard InChI is InChI=1S/C18H19N5O2/c1-21-16(20-13-7-4-3-6-12(13)17(21)24)14-8-5-11-23(14)18(25)15-9-10-19-22(15)2/h3-4,6-7,9-10,14H,5,8,11H2,1-2H3. The van der Waals surface area contributed by atoms with Gasteiger partial charge in [-0.3, -0.25) is 18.8 Å². The van der Waals surface area contributed by atoms with Gasteiger partial charge in [-0.1, -0.05) is 12.1 Å². The van der Waals surface area contributed by atoms with Gasteiger partial charge in [-0.15, -0.1) is 0 Å². The Balaban J connectivity index is 1.80. The van der Waals surface area contributed by atoms with Crippen molar-refractivity contribution >= 4 is 16.8 Å². The number of carbonyl (C=O) groups is 1. The Morgan fingerprint density at radius 3 is 2.76 bits per heavy atom. The van der Waals surface area contributed by atoms with Gasteiger partial charge in [-0.2, -0.15) is 5.10 Å². The molecule has 1 atom stereocenters. The lowest BCUT2D eigenvalue weighted by molar-refractivity contribution is 0.0716. The summed E-state index contributed by atoms with van der Waals surface area (Å²) in [7, 11) is 3.48. The molecule has 1 amide bonds. The molecule has 4 rings (SSSR count). The number of para-hydroxylation sites is 1. The molecule has 7 heteroatoms. The van der Waals surface area contributed by atoms with Gasteiger partial charge in [0.15, 0.2) is 0 Å². The first-order chi connectivity index (χ1) is 12.1. The molecule has 128 valence electrons. The average Bonchev–Trinajstić information content (AvgIpc) is 3.26. The van der Waals surface area contributed by atoms with Crippen LogP contribution in [-0.2, 0) is 14.1 Å². The molecule has 1 aliphatic rings. The second-order valence-corrected chi connectivity index (χ2v) is 6.35. The van der Waals surface area contributed by atoms with Crippen LogP contribution in [0, 0.1) is 0 Å². The molecule has 3 aromatic rings. The lowest BCUT2D eigenvalue weighted by atomic mass is 10.1. The number of benzene rings is 1. The zero-order chi connectivity index (χ0) is 17.6. The Labute approximate surface area is 144 Å². The van der Waals surface area contributed by atoms with E-state index in [2.05, 4.69) is 5.10 Å². The maximum Gasteiger partial charge on any atom is 0.272 e. The maximum absolute atomic E-state index is 12.9. The SMILES string of the molecule is Cn1nccc1C(=O)N1CCCC1c1nc2ccccc2c(=O)n1C. The Hall–Kier alpha value is -2.96. The van der Waals surface area contributed by atoms with E-state index in [9.17, 15) is 9.59 Å². The zero-order valence-electron chi connectivity index (χ0n) is 14.2. The van der Waals surface area contributed by atoms with Crippen molar-refractivity contribution < 1.29 is 4.79 Å². The van der Waals surface area contributed by atoms with E-state index in [1.54, 1.807) is 46.6 Å². The molecule has 0 bridgehead atoms. The molecule has 2 aromatic heterocycles. The highest BCUT2D eigenvalue weighted by Crippen LogP contribution is 2.32. The Morgan fingerprint density at radius 1 is 1.20 bits per heavy atom. The Bertz CT molecular complexity index is 1020. The molecule has 0 spiro atoms. The summed E-state index contributed by atoms with van der Waals surface area (Å²) < 4.78 is 3.15. The number of carbonyl (C=O) groups excluding carboxylic acids is 1. The zero-order valence-corrected chi connectivity index (χ0v) is 14.2. The minimum absolute atomic E-state index is 0.0788. The molecule has 25 heavy (non-hydrogen) atoms. The van der Waals surface area contributed by atoms with Crippen LogP contribution in [0.25, 0.3) is 10.9 Å². The van der Waals surface area contributed by atoms with Gasteiger partial charge >= 0.3 is 0 Å². The molecule has 7 nitrogen and oxygen atoms in total. The monoisotopic (exact) mass is 337 g/mol. The molecule has 1 aliphatic heterocycles. The largest absolute Gasteiger partial charge is 0.327 e. The number of fused-ring (bicyclic) bond motifs is 1. The van der Waals surface area contributed by atoms with Crippen molar-refractivity contribution in [2.45, 2.75) is 18.9 Å². The van der Waals surface area contributed by atoms with Crippen LogP contribution < -0.4 is 5.56 Å². The normalized spacial score (nSPS) is 17.4. The molecule has 0 radical (unpaired) electrons. The summed E-state index contributed by atoms with van der Waals surface area (Å²) in [6.45, 7) is 0.650. The lowest BCUT2D eigenvalue weighted by Crippen LogP contribution is -2.35. The number of aryl methyl sites for hydroxylation is 1. The number of aromatic nitrogens is 4. The minimum atomic E-state index is -0.204. The van der Waals surface area contributed by atoms with E-state index in [1.165, 1.54) is 0 Å². The molecule has 1 fully saturated rings. The van der Waals surface area contributed by atoms with Crippen molar-refractivity contribution in [3.63, 3.8) is 0 Å². The topological polar surface area (TPSA) is 73.0 Å². The number of nitrogens with zero attached hydrogens (tertiary/aromatic N) is 5. The van der Waals surface area contributed by atoms with E-state index in [0.29, 0.717) is 29.0 Å². The van der Waals surface area contributed by atoms with Crippen LogP contribution in [0.2, 0.25) is 0 Å². The lowest BCUT2D eigenvalue weighted by Gasteiger charge is -2.25. The van der Waals surface area contributed by atoms with Gasteiger partial charge in [0.25, 0.3) is 11.5 Å². The first-order valence-electron chi connectivity index (χ1n) is 8.32. The molecule has 3 heterocycles. The molecule has 0 saturated carbocycles. The fraction of sp³-hybridized carbons (Fsp3) is 0.333. The van der Waals surface area contributed by atoms with Crippen molar-refractivity contribution in [1.82, 2.24) is 24.2 Å². The third-order valence-corrected chi connectivity index (χ3v) is 4.87. The van der Waals surface area contributed by atoms with Gasteiger partial charge in [0.1, 0.15) is 11.5 Å². The predicted octanol–water partition coefficient (Wildman–Crippen LogP) is 1.64. The number of rotatable bonds is 2. The Kier molecular flexibility index (Phi) is 3.63. The van der Waals surface area contributed by atoms with Gasteiger partial charge in [0.05, 0.1) is 16.9 Å². The van der Waals surface area contributed by atoms with E-state index >= 15 is 0 Å². The molecule has 0 N–H and O–H groups in total. The number of amides is 1. The van der Waals surface area contributed by atoms with Gasteiger partial charge in [0.2, 0.25) is 0 Å². The number of hydrogen-bond acceptors (Lipinski definition) is 4. The highest BCUT2D eigenvalue weighted by atomic mass is 16.2. The van der Waals surface area contributed by atoms with Gasteiger partial charge in [-0.25, -0.2) is 4.98 Å². The first kappa shape index (κ1) is 15.6. The summed E-state index contributed by atoms with van der Waals surface area (Å²) in [6.07, 6.45) is 3.29. The molecule has 1 unspecified atom stereocenters. The highest BCUT2D eigenvalue weighted by molar-refractivity contribution is 5.93. The van der Waals surface area contributed by atoms with E-state index in [4.69, 9.17) is 4.98 Å². The van der Waals surface area contributed by atoms with Crippen molar-refractivity contribution in [2.24, 2.45) is 14.1 Å². The summed E-state index contributed by atoms with van der Waals surface area (Å²) in [5, 5.41) is 4.67. The summed E-state index contributed by atoms with van der Waals surface area (Å²) in [5.74, 6) is 0.557. The van der Waals surface area contributed by atoms with E-state index in [1.807, 2.05) is 18.2 Å². The second-order valence-electron chi connectivity index (χ2n) is 6.35. The molecule has 1 saturated heterocycles. The fourth-order valence-electron chi connectivity index (χ4n) is 3.54. The Morgan fingerprint density at radius 2 is 2.00 bits per heavy atom. The van der Waals surface area contributed by atoms with Crippen LogP contribution in [-0.4, -0.2) is 36.7 Å². The molecular formula is C18H19N5O2. The van der Waals surface area contributed by atoms with Crippen molar-refractivity contribution in [2.75, 3.05) is 6.54 Å². The third-order valence-electron chi connectivity index (χ3n) is 4.87. The first-order valence-corrected chi connectivity index (χ1v) is 8.32. The van der Waals surface area contributed by atoms with Crippen molar-refractivity contribution in [3.8, 4) is 0 Å². The van der Waals surface area contributed by atoms with Crippen LogP contribution in [0.15, 0.2) is 41.3 Å². The number of hydrogen-bond donors (Lipinski definition) is 0. The van der Waals surface area contributed by atoms with Crippen LogP contribution in [0.1, 0.15) is 35.2 Å². The quantitative estimate of drug-likeness (QED) is 0.713. The van der Waals surface area contributed by atoms with Crippen LogP contribution in [0.4, 0.5) is 0 Å². The molecule has 1 aromatic carbocycles. The number of likely N-dealkylation sites (tertiary alicyclic amines) is 1. The summed E-state index contributed by atoms with van der Waals surface area (Å²) in [6, 6.07) is 8.82. The van der Waals surface area contributed by atoms with Gasteiger partial charge in [0, 0.05) is 26.8 Å². The molecular weight excluding hydrogens is 318 g/mol. The highest BCUT2D eigenvalue weighted by Gasteiger charge is 2.34. The maximum atomic E-state index is 12.9.